The van der Waals surface area contributed by atoms with Gasteiger partial charge < -0.3 is 14.0 Å². The Kier molecular flexibility index (Phi) is 5.41. The highest BCUT2D eigenvalue weighted by Crippen LogP contribution is 2.62. The van der Waals surface area contributed by atoms with Crippen molar-refractivity contribution < 1.29 is 14.0 Å². The molecule has 2 aliphatic heterocycles. The number of hydrogen-bond acceptors (Lipinski definition) is 3. The van der Waals surface area contributed by atoms with Gasteiger partial charge in [0, 0.05) is 11.1 Å². The minimum atomic E-state index is -0.609. The monoisotopic (exact) mass is 559 g/mol. The molecule has 0 atom stereocenters. The third-order valence-electron chi connectivity index (χ3n) is 9.82. The summed E-state index contributed by atoms with van der Waals surface area (Å²) in [6.07, 6.45) is 0. The van der Waals surface area contributed by atoms with Gasteiger partial charge in [0.15, 0.2) is 5.69 Å². The molecule has 0 amide bonds. The standard InChI is InChI=1S/C38H30BNO3/c1-36(2)37(3,4)43-39(42-36)26-17-21-29-28-20-16-25(24-14-18-27(40-5)19-15-24)22-32(28)38(33(29)23-26)30-10-6-8-12-34(30)41-35-13-9-7-11-31(35)38/h6-23H,1-4H3. The van der Waals surface area contributed by atoms with Crippen molar-refractivity contribution in [3.63, 3.8) is 0 Å². The SMILES string of the molecule is [C-]#[N+]c1ccc(-c2ccc3c(c2)C2(c4ccccc4Oc4ccccc42)c2cc(B4OC(C)(C)C(C)(C)O4)ccc2-3)cc1. The zero-order valence-corrected chi connectivity index (χ0v) is 24.6. The second-order valence-corrected chi connectivity index (χ2v) is 12.7. The van der Waals surface area contributed by atoms with Crippen molar-refractivity contribution >= 4 is 18.3 Å². The maximum Gasteiger partial charge on any atom is 0.494 e. The molecule has 4 nitrogen and oxygen atoms in total. The first-order valence-electron chi connectivity index (χ1n) is 14.7. The molecule has 3 aliphatic rings. The van der Waals surface area contributed by atoms with Gasteiger partial charge in [-0.25, -0.2) is 4.85 Å². The van der Waals surface area contributed by atoms with E-state index in [0.717, 1.165) is 39.2 Å². The Morgan fingerprint density at radius 2 is 1.12 bits per heavy atom. The van der Waals surface area contributed by atoms with Crippen molar-refractivity contribution in [2.75, 3.05) is 0 Å². The van der Waals surface area contributed by atoms with Gasteiger partial charge in [-0.15, -0.1) is 0 Å². The Morgan fingerprint density at radius 1 is 0.581 bits per heavy atom. The van der Waals surface area contributed by atoms with E-state index in [2.05, 4.69) is 105 Å². The molecule has 0 bridgehead atoms. The van der Waals surface area contributed by atoms with Gasteiger partial charge in [-0.2, -0.15) is 0 Å². The van der Waals surface area contributed by atoms with Crippen LogP contribution in [0.25, 0.3) is 27.1 Å². The predicted molar refractivity (Wildman–Crippen MR) is 171 cm³/mol. The first kappa shape index (κ1) is 26.0. The molecular weight excluding hydrogens is 529 g/mol. The highest BCUT2D eigenvalue weighted by molar-refractivity contribution is 6.62. The highest BCUT2D eigenvalue weighted by Gasteiger charge is 2.54. The number of ether oxygens (including phenoxy) is 1. The number of hydrogen-bond donors (Lipinski definition) is 0. The maximum absolute atomic E-state index is 7.38. The summed E-state index contributed by atoms with van der Waals surface area (Å²) in [6.45, 7) is 15.7. The summed E-state index contributed by atoms with van der Waals surface area (Å²) in [7, 11) is -0.474. The molecule has 0 N–H and O–H groups in total. The van der Waals surface area contributed by atoms with Crippen molar-refractivity contribution in [2.45, 2.75) is 44.3 Å². The molecule has 2 heterocycles. The van der Waals surface area contributed by atoms with Gasteiger partial charge in [0.1, 0.15) is 11.5 Å². The van der Waals surface area contributed by atoms with Gasteiger partial charge in [-0.3, -0.25) is 0 Å². The lowest BCUT2D eigenvalue weighted by Crippen LogP contribution is -2.41. The van der Waals surface area contributed by atoms with E-state index in [1.807, 2.05) is 36.4 Å². The molecule has 43 heavy (non-hydrogen) atoms. The average Bonchev–Trinajstić information content (AvgIpc) is 3.43. The van der Waals surface area contributed by atoms with Crippen LogP contribution in [0.2, 0.25) is 0 Å². The second-order valence-electron chi connectivity index (χ2n) is 12.7. The van der Waals surface area contributed by atoms with Gasteiger partial charge in [-0.1, -0.05) is 91.0 Å². The fourth-order valence-corrected chi connectivity index (χ4v) is 6.95. The summed E-state index contributed by atoms with van der Waals surface area (Å²) in [5.74, 6) is 1.71. The molecule has 1 aliphatic carbocycles. The van der Waals surface area contributed by atoms with E-state index in [-0.39, 0.29) is 0 Å². The first-order chi connectivity index (χ1) is 20.7. The number of fused-ring (bicyclic) bond motifs is 9. The van der Waals surface area contributed by atoms with Crippen LogP contribution >= 0.6 is 0 Å². The van der Waals surface area contributed by atoms with E-state index in [4.69, 9.17) is 20.6 Å². The van der Waals surface area contributed by atoms with Crippen LogP contribution in [0.15, 0.2) is 109 Å². The van der Waals surface area contributed by atoms with Crippen LogP contribution in [0.4, 0.5) is 5.69 Å². The van der Waals surface area contributed by atoms with E-state index < -0.39 is 23.7 Å². The molecule has 5 heteroatoms. The fraction of sp³-hybridized carbons (Fsp3) is 0.184. The number of nitrogens with zero attached hydrogens (tertiary/aromatic N) is 1. The van der Waals surface area contributed by atoms with Crippen LogP contribution in [0.1, 0.15) is 49.9 Å². The van der Waals surface area contributed by atoms with Gasteiger partial charge in [0.2, 0.25) is 0 Å². The van der Waals surface area contributed by atoms with Gasteiger partial charge in [0.05, 0.1) is 23.2 Å². The van der Waals surface area contributed by atoms with E-state index >= 15 is 0 Å². The Balaban J connectivity index is 1.41. The highest BCUT2D eigenvalue weighted by atomic mass is 16.7. The molecule has 0 saturated carbocycles. The predicted octanol–water partition coefficient (Wildman–Crippen LogP) is 8.67. The van der Waals surface area contributed by atoms with Crippen molar-refractivity contribution in [3.05, 3.63) is 143 Å². The van der Waals surface area contributed by atoms with Crippen molar-refractivity contribution in [2.24, 2.45) is 0 Å². The largest absolute Gasteiger partial charge is 0.494 e. The topological polar surface area (TPSA) is 32.0 Å². The summed E-state index contributed by atoms with van der Waals surface area (Å²) in [6, 6.07) is 38.1. The third kappa shape index (κ3) is 3.58. The number of para-hydroxylation sites is 2. The molecule has 0 aromatic heterocycles. The van der Waals surface area contributed by atoms with Crippen LogP contribution in [0.5, 0.6) is 11.5 Å². The minimum absolute atomic E-state index is 0.438. The maximum atomic E-state index is 7.38. The molecule has 1 spiro atoms. The van der Waals surface area contributed by atoms with Gasteiger partial charge >= 0.3 is 7.12 Å². The summed E-state index contributed by atoms with van der Waals surface area (Å²) in [4.78, 5) is 3.58. The fourth-order valence-electron chi connectivity index (χ4n) is 6.95. The first-order valence-corrected chi connectivity index (χ1v) is 14.7. The molecule has 0 radical (unpaired) electrons. The number of benzene rings is 5. The van der Waals surface area contributed by atoms with Crippen LogP contribution in [0, 0.1) is 6.57 Å². The zero-order chi connectivity index (χ0) is 29.6. The van der Waals surface area contributed by atoms with Crippen LogP contribution < -0.4 is 10.2 Å². The Labute approximate surface area is 252 Å². The lowest BCUT2D eigenvalue weighted by Gasteiger charge is -2.39. The summed E-state index contributed by atoms with van der Waals surface area (Å²) in [5, 5.41) is 0. The molecule has 0 unspecified atom stereocenters. The smallest absolute Gasteiger partial charge is 0.457 e. The molecule has 208 valence electrons. The lowest BCUT2D eigenvalue weighted by atomic mass is 9.64. The van der Waals surface area contributed by atoms with E-state index in [0.29, 0.717) is 5.69 Å². The van der Waals surface area contributed by atoms with Gasteiger partial charge in [-0.05, 0) is 84.7 Å². The van der Waals surface area contributed by atoms with Gasteiger partial charge in [0.25, 0.3) is 0 Å². The lowest BCUT2D eigenvalue weighted by molar-refractivity contribution is 0.00578. The summed E-state index contributed by atoms with van der Waals surface area (Å²) >= 11 is 0. The Hall–Kier alpha value is -4.63. The molecule has 5 aromatic rings. The quantitative estimate of drug-likeness (QED) is 0.157. The molecule has 1 saturated heterocycles. The zero-order valence-electron chi connectivity index (χ0n) is 24.6. The Morgan fingerprint density at radius 3 is 1.72 bits per heavy atom. The van der Waals surface area contributed by atoms with Crippen LogP contribution in [0.3, 0.4) is 0 Å². The molecule has 5 aromatic carbocycles. The molecular formula is C38H30BNO3. The molecule has 8 rings (SSSR count). The van der Waals surface area contributed by atoms with Crippen LogP contribution in [-0.2, 0) is 14.7 Å². The Bertz CT molecular complexity index is 1920. The third-order valence-corrected chi connectivity index (χ3v) is 9.82. The van der Waals surface area contributed by atoms with Crippen molar-refractivity contribution in [3.8, 4) is 33.8 Å². The van der Waals surface area contributed by atoms with Crippen molar-refractivity contribution in [1.29, 1.82) is 0 Å². The molecule has 1 fully saturated rings. The summed E-state index contributed by atoms with van der Waals surface area (Å²) < 4.78 is 19.6. The van der Waals surface area contributed by atoms with E-state index in [1.165, 1.54) is 22.3 Å². The normalized spacial score (nSPS) is 17.8. The number of rotatable bonds is 2. The van der Waals surface area contributed by atoms with Crippen LogP contribution in [-0.4, -0.2) is 18.3 Å². The second kappa shape index (κ2) is 8.94. The minimum Gasteiger partial charge on any atom is -0.457 e. The van der Waals surface area contributed by atoms with E-state index in [9.17, 15) is 0 Å². The summed E-state index contributed by atoms with van der Waals surface area (Å²) in [5.41, 5.74) is 9.35. The van der Waals surface area contributed by atoms with Crippen molar-refractivity contribution in [1.82, 2.24) is 0 Å². The average molecular weight is 559 g/mol. The van der Waals surface area contributed by atoms with E-state index in [1.54, 1.807) is 0 Å².